The molecule has 6 nitrogen and oxygen atoms in total. The molecule has 0 aliphatic heterocycles. The maximum atomic E-state index is 12.6. The Hall–Kier alpha value is -2.49. The summed E-state index contributed by atoms with van der Waals surface area (Å²) >= 11 is 4.36. The molecule has 0 radical (unpaired) electrons. The van der Waals surface area contributed by atoms with E-state index < -0.39 is 5.97 Å². The molecular formula is C20H17N3O3S3. The van der Waals surface area contributed by atoms with E-state index >= 15 is 0 Å². The SMILES string of the molecule is Cc1cc(C(=O)COC(=O)CSc2nc3ccccc3s2)c(C)n1-c1nccs1. The van der Waals surface area contributed by atoms with E-state index in [0.29, 0.717) is 5.56 Å². The second kappa shape index (κ2) is 8.48. The highest BCUT2D eigenvalue weighted by atomic mass is 32.2. The van der Waals surface area contributed by atoms with E-state index in [0.717, 1.165) is 31.1 Å². The van der Waals surface area contributed by atoms with E-state index in [1.54, 1.807) is 6.20 Å². The molecule has 9 heteroatoms. The van der Waals surface area contributed by atoms with Crippen LogP contribution in [0.3, 0.4) is 0 Å². The number of hydrogen-bond acceptors (Lipinski definition) is 8. The number of aromatic nitrogens is 3. The van der Waals surface area contributed by atoms with Crippen LogP contribution in [0.1, 0.15) is 21.7 Å². The lowest BCUT2D eigenvalue weighted by atomic mass is 10.1. The minimum Gasteiger partial charge on any atom is -0.457 e. The predicted molar refractivity (Wildman–Crippen MR) is 117 cm³/mol. The van der Waals surface area contributed by atoms with Gasteiger partial charge in [-0.25, -0.2) is 9.97 Å². The van der Waals surface area contributed by atoms with Crippen molar-refractivity contribution >= 4 is 56.4 Å². The van der Waals surface area contributed by atoms with Gasteiger partial charge in [0.05, 0.1) is 16.0 Å². The number of thiazole rings is 2. The average Bonchev–Trinajstić information content (AvgIpc) is 3.43. The molecule has 1 aromatic carbocycles. The number of benzene rings is 1. The normalized spacial score (nSPS) is 11.1. The van der Waals surface area contributed by atoms with E-state index in [-0.39, 0.29) is 18.1 Å². The Labute approximate surface area is 179 Å². The number of thioether (sulfide) groups is 1. The zero-order valence-corrected chi connectivity index (χ0v) is 18.2. The summed E-state index contributed by atoms with van der Waals surface area (Å²) in [4.78, 5) is 33.4. The topological polar surface area (TPSA) is 74.1 Å². The number of carbonyl (C=O) groups excluding carboxylic acids is 2. The number of Topliss-reactive ketones (excluding diaryl/α,β-unsaturated/α-hetero) is 1. The molecule has 0 saturated carbocycles. The first kappa shape index (κ1) is 19.8. The monoisotopic (exact) mass is 443 g/mol. The van der Waals surface area contributed by atoms with Gasteiger partial charge in [-0.15, -0.1) is 22.7 Å². The third-order valence-electron chi connectivity index (χ3n) is 4.29. The Morgan fingerprint density at radius 2 is 2.07 bits per heavy atom. The van der Waals surface area contributed by atoms with Gasteiger partial charge in [-0.1, -0.05) is 23.9 Å². The molecule has 0 amide bonds. The van der Waals surface area contributed by atoms with E-state index in [1.807, 2.05) is 54.1 Å². The third kappa shape index (κ3) is 4.26. The van der Waals surface area contributed by atoms with Crippen molar-refractivity contribution in [2.24, 2.45) is 0 Å². The number of aryl methyl sites for hydroxylation is 1. The van der Waals surface area contributed by atoms with Crippen molar-refractivity contribution in [1.29, 1.82) is 0 Å². The highest BCUT2D eigenvalue weighted by molar-refractivity contribution is 8.01. The summed E-state index contributed by atoms with van der Waals surface area (Å²) in [5, 5.41) is 2.70. The smallest absolute Gasteiger partial charge is 0.316 e. The van der Waals surface area contributed by atoms with Crippen LogP contribution in [0.4, 0.5) is 0 Å². The van der Waals surface area contributed by atoms with Crippen molar-refractivity contribution in [2.45, 2.75) is 18.2 Å². The number of ether oxygens (including phenoxy) is 1. The summed E-state index contributed by atoms with van der Waals surface area (Å²) in [7, 11) is 0. The summed E-state index contributed by atoms with van der Waals surface area (Å²) in [6.45, 7) is 3.51. The van der Waals surface area contributed by atoms with Gasteiger partial charge in [0.2, 0.25) is 5.78 Å². The van der Waals surface area contributed by atoms with E-state index in [9.17, 15) is 9.59 Å². The van der Waals surface area contributed by atoms with Gasteiger partial charge in [-0.2, -0.15) is 0 Å². The zero-order valence-electron chi connectivity index (χ0n) is 15.7. The quantitative estimate of drug-likeness (QED) is 0.235. The van der Waals surface area contributed by atoms with Gasteiger partial charge in [-0.05, 0) is 32.0 Å². The van der Waals surface area contributed by atoms with Crippen LogP contribution in [0.2, 0.25) is 0 Å². The molecular weight excluding hydrogens is 426 g/mol. The van der Waals surface area contributed by atoms with Gasteiger partial charge in [0.1, 0.15) is 0 Å². The average molecular weight is 444 g/mol. The maximum absolute atomic E-state index is 12.6. The predicted octanol–water partition coefficient (Wildman–Crippen LogP) is 4.68. The number of nitrogens with zero attached hydrogens (tertiary/aromatic N) is 3. The van der Waals surface area contributed by atoms with Crippen molar-refractivity contribution in [1.82, 2.24) is 14.5 Å². The fourth-order valence-electron chi connectivity index (χ4n) is 2.96. The van der Waals surface area contributed by atoms with Crippen LogP contribution in [0.25, 0.3) is 15.3 Å². The summed E-state index contributed by atoms with van der Waals surface area (Å²) in [6.07, 6.45) is 1.73. The van der Waals surface area contributed by atoms with Gasteiger partial charge in [0.25, 0.3) is 0 Å². The minimum absolute atomic E-state index is 0.116. The number of para-hydroxylation sites is 1. The van der Waals surface area contributed by atoms with Crippen LogP contribution in [0.5, 0.6) is 0 Å². The first-order chi connectivity index (χ1) is 14.0. The van der Waals surface area contributed by atoms with E-state index in [4.69, 9.17) is 4.74 Å². The van der Waals surface area contributed by atoms with Gasteiger partial charge in [-0.3, -0.25) is 14.2 Å². The summed E-state index contributed by atoms with van der Waals surface area (Å²) < 4.78 is 9.01. The summed E-state index contributed by atoms with van der Waals surface area (Å²) in [5.41, 5.74) is 3.17. The molecule has 4 rings (SSSR count). The van der Waals surface area contributed by atoms with Crippen molar-refractivity contribution in [2.75, 3.05) is 12.4 Å². The molecule has 0 N–H and O–H groups in total. The number of hydrogen-bond donors (Lipinski definition) is 0. The van der Waals surface area contributed by atoms with Crippen LogP contribution in [0.15, 0.2) is 46.2 Å². The molecule has 0 bridgehead atoms. The molecule has 0 atom stereocenters. The Balaban J connectivity index is 1.34. The lowest BCUT2D eigenvalue weighted by molar-refractivity contribution is -0.139. The molecule has 29 heavy (non-hydrogen) atoms. The van der Waals surface area contributed by atoms with Crippen molar-refractivity contribution < 1.29 is 14.3 Å². The highest BCUT2D eigenvalue weighted by Crippen LogP contribution is 2.29. The number of esters is 1. The van der Waals surface area contributed by atoms with E-state index in [2.05, 4.69) is 9.97 Å². The van der Waals surface area contributed by atoms with Gasteiger partial charge in [0, 0.05) is 28.5 Å². The van der Waals surface area contributed by atoms with Gasteiger partial charge in [0.15, 0.2) is 16.1 Å². The molecule has 4 aromatic rings. The number of rotatable bonds is 7. The molecule has 3 heterocycles. The molecule has 0 unspecified atom stereocenters. The van der Waals surface area contributed by atoms with Crippen LogP contribution in [0, 0.1) is 13.8 Å². The zero-order chi connectivity index (χ0) is 20.4. The number of fused-ring (bicyclic) bond motifs is 1. The largest absolute Gasteiger partial charge is 0.457 e. The molecule has 0 fully saturated rings. The Morgan fingerprint density at radius 3 is 2.83 bits per heavy atom. The lowest BCUT2D eigenvalue weighted by Crippen LogP contribution is -2.16. The second-order valence-electron chi connectivity index (χ2n) is 6.25. The minimum atomic E-state index is -0.434. The fraction of sp³-hybridized carbons (Fsp3) is 0.200. The van der Waals surface area contributed by atoms with Gasteiger partial charge >= 0.3 is 5.97 Å². The Kier molecular flexibility index (Phi) is 5.79. The molecule has 0 spiro atoms. The maximum Gasteiger partial charge on any atom is 0.316 e. The number of carbonyl (C=O) groups is 2. The second-order valence-corrected chi connectivity index (χ2v) is 9.38. The van der Waals surface area contributed by atoms with Crippen molar-refractivity contribution in [3.05, 3.63) is 58.9 Å². The van der Waals surface area contributed by atoms with Crippen LogP contribution in [-0.2, 0) is 9.53 Å². The fourth-order valence-corrected chi connectivity index (χ4v) is 5.58. The standard InChI is InChI=1S/C20H17N3O3S3/c1-12-9-14(13(2)23(12)19-21-7-8-27-19)16(24)10-26-18(25)11-28-20-22-15-5-3-4-6-17(15)29-20/h3-9H,10-11H2,1-2H3. The molecule has 0 aliphatic carbocycles. The van der Waals surface area contributed by atoms with Crippen molar-refractivity contribution in [3.63, 3.8) is 0 Å². The first-order valence-electron chi connectivity index (χ1n) is 8.79. The molecule has 0 aliphatic rings. The lowest BCUT2D eigenvalue weighted by Gasteiger charge is -2.06. The summed E-state index contributed by atoms with van der Waals surface area (Å²) in [5.74, 6) is -0.541. The van der Waals surface area contributed by atoms with Gasteiger partial charge < -0.3 is 4.74 Å². The third-order valence-corrected chi connectivity index (χ3v) is 7.20. The molecule has 3 aromatic heterocycles. The van der Waals surface area contributed by atoms with Crippen molar-refractivity contribution in [3.8, 4) is 5.13 Å². The van der Waals surface area contributed by atoms with Crippen LogP contribution < -0.4 is 0 Å². The Bertz CT molecular complexity index is 1150. The summed E-state index contributed by atoms with van der Waals surface area (Å²) in [6, 6.07) is 9.64. The van der Waals surface area contributed by atoms with Crippen LogP contribution in [-0.4, -0.2) is 38.6 Å². The van der Waals surface area contributed by atoms with E-state index in [1.165, 1.54) is 34.4 Å². The first-order valence-corrected chi connectivity index (χ1v) is 11.5. The Morgan fingerprint density at radius 1 is 1.24 bits per heavy atom. The highest BCUT2D eigenvalue weighted by Gasteiger charge is 2.19. The number of ketones is 1. The molecule has 0 saturated heterocycles. The molecule has 148 valence electrons. The van der Waals surface area contributed by atoms with Crippen LogP contribution >= 0.6 is 34.4 Å².